The lowest BCUT2D eigenvalue weighted by Crippen LogP contribution is -2.70. The van der Waals surface area contributed by atoms with Crippen LogP contribution < -0.4 is 0 Å². The Morgan fingerprint density at radius 3 is 0.833 bits per heavy atom. The number of nitrogens with zero attached hydrogens (tertiary/aromatic N) is 2. The molecule has 0 amide bonds. The Morgan fingerprint density at radius 2 is 0.646 bits per heavy atom. The summed E-state index contributed by atoms with van der Waals surface area (Å²) in [4.78, 5) is 6.42. The second-order valence-electron chi connectivity index (χ2n) is 21.0. The van der Waals surface area contributed by atoms with E-state index in [-0.39, 0.29) is 12.0 Å². The fraction of sp³-hybridized carbons (Fsp3) is 1.00. The smallest absolute Gasteiger partial charge is 0.170 e. The van der Waals surface area contributed by atoms with Crippen LogP contribution in [0, 0.1) is 71.0 Å². The summed E-state index contributed by atoms with van der Waals surface area (Å²) in [7, 11) is 0. The van der Waals surface area contributed by atoms with E-state index in [1.807, 2.05) is 0 Å². The van der Waals surface area contributed by atoms with Crippen molar-refractivity contribution < 1.29 is 4.74 Å². The second-order valence-corrected chi connectivity index (χ2v) is 21.0. The highest BCUT2D eigenvalue weighted by Gasteiger charge is 2.53. The number of rotatable bonds is 11. The Labute approximate surface area is 301 Å². The lowest BCUT2D eigenvalue weighted by atomic mass is 9.68. The molecule has 4 rings (SSSR count). The summed E-state index contributed by atoms with van der Waals surface area (Å²) in [5.74, 6) is 8.86. The van der Waals surface area contributed by atoms with Crippen molar-refractivity contribution in [1.82, 2.24) is 9.80 Å². The molecule has 0 bridgehead atoms. The van der Waals surface area contributed by atoms with Crippen molar-refractivity contribution in [2.24, 2.45) is 71.0 Å². The van der Waals surface area contributed by atoms with Gasteiger partial charge in [0, 0.05) is 24.2 Å². The third-order valence-corrected chi connectivity index (χ3v) is 14.4. The molecular formula is C45H86N2O. The van der Waals surface area contributed by atoms with Gasteiger partial charge >= 0.3 is 0 Å². The van der Waals surface area contributed by atoms with Crippen molar-refractivity contribution in [1.29, 1.82) is 0 Å². The van der Waals surface area contributed by atoms with Crippen molar-refractivity contribution in [3.63, 3.8) is 0 Å². The summed E-state index contributed by atoms with van der Waals surface area (Å²) < 4.78 is 7.88. The molecule has 0 aliphatic heterocycles. The normalized spacial score (nSPS) is 39.7. The fourth-order valence-electron chi connectivity index (χ4n) is 11.7. The lowest BCUT2D eigenvalue weighted by Gasteiger charge is -2.61. The summed E-state index contributed by atoms with van der Waals surface area (Å²) in [5.41, 5.74) is -0.219. The van der Waals surface area contributed by atoms with Crippen LogP contribution in [0.4, 0.5) is 0 Å². The third kappa shape index (κ3) is 9.85. The Balaban J connectivity index is 2.02. The van der Waals surface area contributed by atoms with E-state index in [2.05, 4.69) is 114 Å². The molecular weight excluding hydrogens is 585 g/mol. The van der Waals surface area contributed by atoms with E-state index in [9.17, 15) is 0 Å². The molecule has 0 aromatic heterocycles. The first-order valence-corrected chi connectivity index (χ1v) is 21.6. The molecule has 3 heteroatoms. The summed E-state index contributed by atoms with van der Waals surface area (Å²) in [6.45, 7) is 37.7. The first-order chi connectivity index (χ1) is 22.4. The van der Waals surface area contributed by atoms with Gasteiger partial charge in [-0.3, -0.25) is 9.80 Å². The lowest BCUT2D eigenvalue weighted by molar-refractivity contribution is -0.275. The molecule has 3 nitrogen and oxygen atoms in total. The van der Waals surface area contributed by atoms with Crippen LogP contribution in [0.5, 0.6) is 0 Å². The van der Waals surface area contributed by atoms with Crippen LogP contribution in [0.25, 0.3) is 0 Å². The predicted molar refractivity (Wildman–Crippen MR) is 209 cm³/mol. The molecule has 0 aromatic carbocycles. The topological polar surface area (TPSA) is 15.7 Å². The minimum absolute atomic E-state index is 0.0335. The molecule has 12 unspecified atom stereocenters. The van der Waals surface area contributed by atoms with Crippen LogP contribution in [-0.2, 0) is 4.74 Å². The maximum absolute atomic E-state index is 7.88. The third-order valence-electron chi connectivity index (χ3n) is 14.4. The monoisotopic (exact) mass is 671 g/mol. The highest BCUT2D eigenvalue weighted by Crippen LogP contribution is 2.49. The zero-order valence-corrected chi connectivity index (χ0v) is 35.1. The van der Waals surface area contributed by atoms with E-state index in [4.69, 9.17) is 4.74 Å². The van der Waals surface area contributed by atoms with E-state index in [0.29, 0.717) is 47.8 Å². The van der Waals surface area contributed by atoms with Gasteiger partial charge in [0.25, 0.3) is 0 Å². The Bertz CT molecular complexity index is 819. The van der Waals surface area contributed by atoms with Gasteiger partial charge in [-0.25, -0.2) is 0 Å². The van der Waals surface area contributed by atoms with E-state index >= 15 is 0 Å². The number of hydrogen-bond acceptors (Lipinski definition) is 3. The molecule has 4 saturated carbocycles. The standard InChI is InChI=1S/C45H86N2O/c1-28(2)36-20-16-32(9)24-40(36)46(41-25-33(10)17-21-37(41)29(3)4)44(48-45(13,14)15)47(42-26-34(11)18-22-38(42)30(5)6)43-27-35(12)19-23-39(43)31(7)8/h28-44H,16-27H2,1-15H3. The van der Waals surface area contributed by atoms with Crippen molar-refractivity contribution in [2.75, 3.05) is 0 Å². The summed E-state index contributed by atoms with van der Waals surface area (Å²) in [6, 6.07) is 2.32. The van der Waals surface area contributed by atoms with Crippen molar-refractivity contribution >= 4 is 0 Å². The fourth-order valence-corrected chi connectivity index (χ4v) is 11.7. The van der Waals surface area contributed by atoms with Gasteiger partial charge in [0.15, 0.2) is 6.35 Å². The molecule has 4 aliphatic carbocycles. The molecule has 0 saturated heterocycles. The Hall–Kier alpha value is -0.120. The average Bonchev–Trinajstić information content (AvgIpc) is 2.96. The predicted octanol–water partition coefficient (Wildman–Crippen LogP) is 12.5. The van der Waals surface area contributed by atoms with Crippen LogP contribution >= 0.6 is 0 Å². The molecule has 0 heterocycles. The first kappa shape index (κ1) is 40.6. The van der Waals surface area contributed by atoms with Crippen LogP contribution in [-0.4, -0.2) is 45.9 Å². The van der Waals surface area contributed by atoms with Gasteiger partial charge in [0.05, 0.1) is 5.60 Å². The molecule has 12 atom stereocenters. The van der Waals surface area contributed by atoms with Crippen LogP contribution in [0.1, 0.15) is 181 Å². The maximum atomic E-state index is 7.88. The van der Waals surface area contributed by atoms with Gasteiger partial charge in [0.1, 0.15) is 0 Å². The van der Waals surface area contributed by atoms with Gasteiger partial charge in [-0.05, 0) is 143 Å². The van der Waals surface area contributed by atoms with E-state index < -0.39 is 0 Å². The molecule has 0 radical (unpaired) electrons. The molecule has 4 aliphatic rings. The van der Waals surface area contributed by atoms with Gasteiger partial charge in [0.2, 0.25) is 0 Å². The SMILES string of the molecule is CC1CCC(C(C)C)C(N(C2CC(C)CCC2C(C)C)C(OC(C)(C)C)N(C2CC(C)CCC2C(C)C)C2CC(C)CCC2C(C)C)C1. The summed E-state index contributed by atoms with van der Waals surface area (Å²) >= 11 is 0. The van der Waals surface area contributed by atoms with E-state index in [1.165, 1.54) is 77.0 Å². The van der Waals surface area contributed by atoms with Crippen molar-refractivity contribution in [3.05, 3.63) is 0 Å². The maximum Gasteiger partial charge on any atom is 0.170 e. The Kier molecular flexibility index (Phi) is 14.5. The first-order valence-electron chi connectivity index (χ1n) is 21.6. The van der Waals surface area contributed by atoms with Gasteiger partial charge < -0.3 is 4.74 Å². The number of hydrogen-bond donors (Lipinski definition) is 0. The second kappa shape index (κ2) is 17.1. The van der Waals surface area contributed by atoms with Gasteiger partial charge in [-0.15, -0.1) is 0 Å². The molecule has 4 fully saturated rings. The largest absolute Gasteiger partial charge is 0.344 e. The minimum atomic E-state index is -0.219. The highest BCUT2D eigenvalue weighted by atomic mass is 16.5. The average molecular weight is 671 g/mol. The van der Waals surface area contributed by atoms with Crippen LogP contribution in [0.15, 0.2) is 0 Å². The molecule has 0 N–H and O–H groups in total. The summed E-state index contributed by atoms with van der Waals surface area (Å²) in [6.07, 6.45) is 16.4. The van der Waals surface area contributed by atoms with Crippen molar-refractivity contribution in [2.45, 2.75) is 217 Å². The van der Waals surface area contributed by atoms with Crippen molar-refractivity contribution in [3.8, 4) is 0 Å². The van der Waals surface area contributed by atoms with Gasteiger partial charge in [-0.1, -0.05) is 109 Å². The number of ether oxygens (including phenoxy) is 1. The van der Waals surface area contributed by atoms with Gasteiger partial charge in [-0.2, -0.15) is 0 Å². The molecule has 0 aromatic rings. The molecule has 282 valence electrons. The van der Waals surface area contributed by atoms with E-state index in [0.717, 1.165) is 47.3 Å². The molecule has 0 spiro atoms. The summed E-state index contributed by atoms with van der Waals surface area (Å²) in [5, 5.41) is 0. The molecule has 48 heavy (non-hydrogen) atoms. The Morgan fingerprint density at radius 1 is 0.417 bits per heavy atom. The quantitative estimate of drug-likeness (QED) is 0.203. The van der Waals surface area contributed by atoms with Crippen LogP contribution in [0.2, 0.25) is 0 Å². The van der Waals surface area contributed by atoms with Crippen LogP contribution in [0.3, 0.4) is 0 Å². The van der Waals surface area contributed by atoms with E-state index in [1.54, 1.807) is 0 Å². The minimum Gasteiger partial charge on any atom is -0.344 e. The highest BCUT2D eigenvalue weighted by molar-refractivity contribution is 5.02. The zero-order valence-electron chi connectivity index (χ0n) is 35.1. The zero-order chi connectivity index (χ0) is 35.7.